The van der Waals surface area contributed by atoms with E-state index in [9.17, 15) is 0 Å². The summed E-state index contributed by atoms with van der Waals surface area (Å²) in [5.41, 5.74) is 0. The first kappa shape index (κ1) is 12.8. The average molecular weight is 354 g/mol. The van der Waals surface area contributed by atoms with Crippen LogP contribution in [0.4, 0.5) is 0 Å². The van der Waals surface area contributed by atoms with E-state index in [4.69, 9.17) is 0 Å². The number of hydrogen-bond donors (Lipinski definition) is 0. The van der Waals surface area contributed by atoms with E-state index in [2.05, 4.69) is 95.7 Å². The van der Waals surface area contributed by atoms with E-state index in [1.54, 1.807) is 0 Å². The van der Waals surface area contributed by atoms with E-state index in [-0.39, 0.29) is 0 Å². The van der Waals surface area contributed by atoms with Crippen LogP contribution in [-0.4, -0.2) is 4.17 Å². The van der Waals surface area contributed by atoms with Gasteiger partial charge in [-0.05, 0) is 0 Å². The van der Waals surface area contributed by atoms with Crippen LogP contribution in [0.5, 0.6) is 0 Å². The van der Waals surface area contributed by atoms with Crippen molar-refractivity contribution in [1.29, 1.82) is 0 Å². The molecule has 0 aliphatic heterocycles. The summed E-state index contributed by atoms with van der Waals surface area (Å²) >= 11 is 2.50. The second-order valence-corrected chi connectivity index (χ2v) is 10.1. The van der Waals surface area contributed by atoms with Crippen LogP contribution in [0.2, 0.25) is 0 Å². The third-order valence-corrected chi connectivity index (χ3v) is 10.6. The Hall–Kier alpha value is -0.660. The van der Waals surface area contributed by atoms with E-state index in [0.29, 0.717) is 0 Å². The second-order valence-electron chi connectivity index (χ2n) is 4.04. The molecular weight excluding hydrogens is 338 g/mol. The van der Waals surface area contributed by atoms with Crippen molar-refractivity contribution in [2.24, 2.45) is 0 Å². The Kier molecular flexibility index (Phi) is 4.36. The van der Waals surface area contributed by atoms with Crippen LogP contribution in [-0.2, 0) is 0 Å². The molecule has 2 aromatic carbocycles. The van der Waals surface area contributed by atoms with Crippen molar-refractivity contribution in [3.8, 4) is 0 Å². The second kappa shape index (κ2) is 5.79. The molecule has 0 nitrogen and oxygen atoms in total. The molecule has 0 fully saturated rings. The van der Waals surface area contributed by atoms with Crippen molar-refractivity contribution in [1.82, 2.24) is 0 Å². The van der Waals surface area contributed by atoms with E-state index in [0.717, 1.165) is 4.17 Å². The van der Waals surface area contributed by atoms with E-state index >= 15 is 0 Å². The molecule has 0 radical (unpaired) electrons. The first-order valence-electron chi connectivity index (χ1n) is 5.64. The fourth-order valence-electron chi connectivity index (χ4n) is 2.08. The van der Waals surface area contributed by atoms with Crippen LogP contribution >= 0.6 is 29.9 Å². The zero-order valence-electron chi connectivity index (χ0n) is 9.64. The van der Waals surface area contributed by atoms with Crippen molar-refractivity contribution < 1.29 is 0 Å². The number of alkyl halides is 1. The fraction of sp³-hybridized carbons (Fsp3) is 0.0667. The molecule has 0 atom stereocenters. The first-order valence-corrected chi connectivity index (χ1v) is 9.45. The molecule has 0 aliphatic rings. The van der Waals surface area contributed by atoms with Crippen LogP contribution < -0.4 is 10.6 Å². The average Bonchev–Trinajstić information content (AvgIpc) is 2.43. The summed E-state index contributed by atoms with van der Waals surface area (Å²) in [6.07, 6.45) is 0. The van der Waals surface area contributed by atoms with Gasteiger partial charge in [0.1, 0.15) is 0 Å². The molecule has 2 rings (SSSR count). The Balaban J connectivity index is 2.58. The molecule has 2 aromatic rings. The van der Waals surface area contributed by atoms with Gasteiger partial charge in [-0.2, -0.15) is 0 Å². The summed E-state index contributed by atoms with van der Waals surface area (Å²) in [6, 6.07) is 21.6. The standard InChI is InChI=1S/C15H16IP/c1-2-17(13-16,14-9-5-3-6-10-14)15-11-7-4-8-12-15/h2-12,17H,1,13H2. The van der Waals surface area contributed by atoms with Gasteiger partial charge in [0, 0.05) is 0 Å². The molecule has 0 heterocycles. The fourth-order valence-corrected chi connectivity index (χ4v) is 8.46. The Bertz CT molecular complexity index is 439. The zero-order chi connectivity index (χ0) is 12.1. The van der Waals surface area contributed by atoms with Crippen LogP contribution in [0.1, 0.15) is 0 Å². The molecule has 0 amide bonds. The number of rotatable bonds is 4. The minimum absolute atomic E-state index is 1.13. The molecule has 17 heavy (non-hydrogen) atoms. The topological polar surface area (TPSA) is 0 Å². The summed E-state index contributed by atoms with van der Waals surface area (Å²) in [5, 5.41) is 2.88. The van der Waals surface area contributed by atoms with E-state index < -0.39 is 7.26 Å². The Morgan fingerprint density at radius 2 is 1.29 bits per heavy atom. The van der Waals surface area contributed by atoms with Gasteiger partial charge in [0.15, 0.2) is 0 Å². The summed E-state index contributed by atoms with van der Waals surface area (Å²) < 4.78 is 1.13. The molecule has 0 spiro atoms. The Morgan fingerprint density at radius 1 is 0.882 bits per heavy atom. The van der Waals surface area contributed by atoms with E-state index in [1.807, 2.05) is 0 Å². The van der Waals surface area contributed by atoms with Gasteiger partial charge in [-0.25, -0.2) is 0 Å². The number of benzene rings is 2. The predicted octanol–water partition coefficient (Wildman–Crippen LogP) is 3.92. The molecule has 0 aliphatic carbocycles. The maximum atomic E-state index is 4.11. The first-order chi connectivity index (χ1) is 8.33. The van der Waals surface area contributed by atoms with Crippen molar-refractivity contribution in [2.75, 3.05) is 4.17 Å². The van der Waals surface area contributed by atoms with Crippen LogP contribution in [0.3, 0.4) is 0 Å². The van der Waals surface area contributed by atoms with Gasteiger partial charge in [-0.1, -0.05) is 0 Å². The molecule has 0 unspecified atom stereocenters. The maximum absolute atomic E-state index is 4.11. The number of halogens is 1. The van der Waals surface area contributed by atoms with E-state index in [1.165, 1.54) is 10.6 Å². The van der Waals surface area contributed by atoms with Crippen LogP contribution in [0, 0.1) is 0 Å². The zero-order valence-corrected chi connectivity index (χ0v) is 12.8. The summed E-state index contributed by atoms with van der Waals surface area (Å²) in [7, 11) is -1.75. The van der Waals surface area contributed by atoms with Gasteiger partial charge < -0.3 is 0 Å². The molecule has 88 valence electrons. The van der Waals surface area contributed by atoms with Gasteiger partial charge in [-0.15, -0.1) is 0 Å². The molecular formula is C15H16IP. The van der Waals surface area contributed by atoms with Gasteiger partial charge in [0.05, 0.1) is 0 Å². The van der Waals surface area contributed by atoms with Crippen molar-refractivity contribution in [3.63, 3.8) is 0 Å². The van der Waals surface area contributed by atoms with Crippen molar-refractivity contribution >= 4 is 40.5 Å². The van der Waals surface area contributed by atoms with Crippen LogP contribution in [0.25, 0.3) is 0 Å². The third kappa shape index (κ3) is 2.46. The molecule has 0 aromatic heterocycles. The molecule has 0 bridgehead atoms. The van der Waals surface area contributed by atoms with Crippen molar-refractivity contribution in [2.45, 2.75) is 0 Å². The molecule has 0 saturated carbocycles. The van der Waals surface area contributed by atoms with Crippen molar-refractivity contribution in [3.05, 3.63) is 73.1 Å². The van der Waals surface area contributed by atoms with Gasteiger partial charge in [-0.3, -0.25) is 0 Å². The Labute approximate surface area is 117 Å². The monoisotopic (exact) mass is 354 g/mol. The molecule has 2 heteroatoms. The van der Waals surface area contributed by atoms with Gasteiger partial charge in [0.2, 0.25) is 0 Å². The molecule has 0 N–H and O–H groups in total. The normalized spacial score (nSPS) is 12.1. The summed E-state index contributed by atoms with van der Waals surface area (Å²) in [4.78, 5) is 0. The summed E-state index contributed by atoms with van der Waals surface area (Å²) in [5.74, 6) is 2.20. The Morgan fingerprint density at radius 3 is 1.59 bits per heavy atom. The molecule has 0 saturated heterocycles. The van der Waals surface area contributed by atoms with Gasteiger partial charge in [0.25, 0.3) is 0 Å². The quantitative estimate of drug-likeness (QED) is 0.444. The third-order valence-electron chi connectivity index (χ3n) is 3.14. The van der Waals surface area contributed by atoms with Crippen LogP contribution in [0.15, 0.2) is 73.1 Å². The van der Waals surface area contributed by atoms with Gasteiger partial charge >= 0.3 is 118 Å². The number of hydrogen-bond acceptors (Lipinski definition) is 0. The SMILES string of the molecule is C=C[PH](CI)(c1ccccc1)c1ccccc1. The minimum atomic E-state index is -1.75. The summed E-state index contributed by atoms with van der Waals surface area (Å²) in [6.45, 7) is 4.11. The predicted molar refractivity (Wildman–Crippen MR) is 89.6 cm³/mol.